The van der Waals surface area contributed by atoms with Crippen molar-refractivity contribution in [3.63, 3.8) is 0 Å². The zero-order valence-electron chi connectivity index (χ0n) is 11.3. The van der Waals surface area contributed by atoms with Crippen LogP contribution < -0.4 is 5.32 Å². The van der Waals surface area contributed by atoms with Crippen molar-refractivity contribution in [3.05, 3.63) is 35.9 Å². The zero-order chi connectivity index (χ0) is 14.8. The normalized spacial score (nSPS) is 11.9. The van der Waals surface area contributed by atoms with E-state index in [1.165, 1.54) is 12.1 Å². The number of hydrogen-bond donors (Lipinski definition) is 2. The summed E-state index contributed by atoms with van der Waals surface area (Å²) in [6, 6.07) is 7.04. The first kappa shape index (κ1) is 14.4. The van der Waals surface area contributed by atoms with Crippen LogP contribution >= 0.6 is 0 Å². The van der Waals surface area contributed by atoms with Gasteiger partial charge in [-0.1, -0.05) is 32.0 Å². The summed E-state index contributed by atoms with van der Waals surface area (Å²) < 4.78 is 38.8. The van der Waals surface area contributed by atoms with Gasteiger partial charge in [0.25, 0.3) is 0 Å². The largest absolute Gasteiger partial charge is 0.417 e. The molecule has 1 aromatic carbocycles. The quantitative estimate of drug-likeness (QED) is 0.884. The van der Waals surface area contributed by atoms with Gasteiger partial charge in [-0.15, -0.1) is 0 Å². The Labute approximate surface area is 115 Å². The Kier molecular flexibility index (Phi) is 4.01. The highest BCUT2D eigenvalue weighted by Gasteiger charge is 2.33. The molecule has 2 N–H and O–H groups in total. The standard InChI is InChI=1S/C14H16F3N3/c1-9(2)8-18-13-7-12(19-20-13)10-5-3-4-6-11(10)14(15,16)17/h3-7,9H,8H2,1-2H3,(H2,18,19,20). The second kappa shape index (κ2) is 5.56. The predicted molar refractivity (Wildman–Crippen MR) is 72.4 cm³/mol. The van der Waals surface area contributed by atoms with Gasteiger partial charge in [0.05, 0.1) is 11.3 Å². The number of H-pyrrole nitrogens is 1. The molecule has 2 rings (SSSR count). The second-order valence-corrected chi connectivity index (χ2v) is 4.98. The van der Waals surface area contributed by atoms with Gasteiger partial charge >= 0.3 is 6.18 Å². The van der Waals surface area contributed by atoms with Crippen molar-refractivity contribution in [3.8, 4) is 11.3 Å². The van der Waals surface area contributed by atoms with E-state index < -0.39 is 11.7 Å². The summed E-state index contributed by atoms with van der Waals surface area (Å²) in [6.45, 7) is 4.80. The third kappa shape index (κ3) is 3.31. The number of hydrogen-bond acceptors (Lipinski definition) is 2. The third-order valence-corrected chi connectivity index (χ3v) is 2.79. The van der Waals surface area contributed by atoms with Crippen LogP contribution in [0.3, 0.4) is 0 Å². The van der Waals surface area contributed by atoms with Gasteiger partial charge in [-0.05, 0) is 12.0 Å². The molecule has 0 aliphatic heterocycles. The van der Waals surface area contributed by atoms with Crippen molar-refractivity contribution in [2.75, 3.05) is 11.9 Å². The van der Waals surface area contributed by atoms with Gasteiger partial charge in [0.1, 0.15) is 5.82 Å². The number of alkyl halides is 3. The number of aromatic nitrogens is 2. The molecule has 108 valence electrons. The van der Waals surface area contributed by atoms with Crippen LogP contribution in [-0.2, 0) is 6.18 Å². The maximum atomic E-state index is 12.9. The fourth-order valence-electron chi connectivity index (χ4n) is 1.82. The second-order valence-electron chi connectivity index (χ2n) is 4.98. The highest BCUT2D eigenvalue weighted by atomic mass is 19.4. The van der Waals surface area contributed by atoms with Crippen LogP contribution in [0.2, 0.25) is 0 Å². The Morgan fingerprint density at radius 2 is 1.95 bits per heavy atom. The summed E-state index contributed by atoms with van der Waals surface area (Å²) in [5.41, 5.74) is -0.215. The summed E-state index contributed by atoms with van der Waals surface area (Å²) in [5, 5.41) is 9.70. The minimum atomic E-state index is -4.38. The van der Waals surface area contributed by atoms with E-state index in [-0.39, 0.29) is 5.56 Å². The average Bonchev–Trinajstić information content (AvgIpc) is 2.84. The van der Waals surface area contributed by atoms with E-state index in [9.17, 15) is 13.2 Å². The van der Waals surface area contributed by atoms with E-state index in [1.54, 1.807) is 12.1 Å². The number of benzene rings is 1. The molecule has 0 saturated heterocycles. The molecule has 0 radical (unpaired) electrons. The van der Waals surface area contributed by atoms with Gasteiger partial charge in [0.2, 0.25) is 0 Å². The lowest BCUT2D eigenvalue weighted by atomic mass is 10.0. The van der Waals surface area contributed by atoms with Crippen LogP contribution in [0.25, 0.3) is 11.3 Å². The number of nitrogens with one attached hydrogen (secondary N) is 2. The summed E-state index contributed by atoms with van der Waals surface area (Å²) in [4.78, 5) is 0. The predicted octanol–water partition coefficient (Wildman–Crippen LogP) is 4.16. The highest BCUT2D eigenvalue weighted by Crippen LogP contribution is 2.36. The Balaban J connectivity index is 2.29. The molecule has 0 spiro atoms. The molecule has 2 aromatic rings. The summed E-state index contributed by atoms with van der Waals surface area (Å²) in [7, 11) is 0. The molecule has 0 bridgehead atoms. The molecule has 6 heteroatoms. The highest BCUT2D eigenvalue weighted by molar-refractivity contribution is 5.67. The third-order valence-electron chi connectivity index (χ3n) is 2.79. The molecule has 0 aliphatic carbocycles. The lowest BCUT2D eigenvalue weighted by molar-refractivity contribution is -0.137. The van der Waals surface area contributed by atoms with Crippen molar-refractivity contribution in [1.29, 1.82) is 0 Å². The number of rotatable bonds is 4. The van der Waals surface area contributed by atoms with E-state index in [0.29, 0.717) is 24.0 Å². The fourth-order valence-corrected chi connectivity index (χ4v) is 1.82. The van der Waals surface area contributed by atoms with E-state index in [4.69, 9.17) is 0 Å². The zero-order valence-corrected chi connectivity index (χ0v) is 11.3. The molecule has 0 saturated carbocycles. The van der Waals surface area contributed by atoms with Gasteiger partial charge in [-0.2, -0.15) is 18.3 Å². The van der Waals surface area contributed by atoms with Crippen LogP contribution in [0.15, 0.2) is 30.3 Å². The van der Waals surface area contributed by atoms with E-state index >= 15 is 0 Å². The topological polar surface area (TPSA) is 40.7 Å². The monoisotopic (exact) mass is 283 g/mol. The first-order valence-corrected chi connectivity index (χ1v) is 6.34. The number of nitrogens with zero attached hydrogens (tertiary/aromatic N) is 1. The number of halogens is 3. The fraction of sp³-hybridized carbons (Fsp3) is 0.357. The van der Waals surface area contributed by atoms with Gasteiger partial charge in [0, 0.05) is 18.2 Å². The summed E-state index contributed by atoms with van der Waals surface area (Å²) >= 11 is 0. The lowest BCUT2D eigenvalue weighted by Gasteiger charge is -2.10. The van der Waals surface area contributed by atoms with Crippen molar-refractivity contribution in [2.45, 2.75) is 20.0 Å². The van der Waals surface area contributed by atoms with Crippen molar-refractivity contribution in [2.24, 2.45) is 5.92 Å². The van der Waals surface area contributed by atoms with Gasteiger partial charge in [0.15, 0.2) is 0 Å². The Bertz CT molecular complexity index is 573. The molecule has 0 aliphatic rings. The van der Waals surface area contributed by atoms with Gasteiger partial charge in [-0.3, -0.25) is 5.10 Å². The van der Waals surface area contributed by atoms with Crippen LogP contribution in [0.5, 0.6) is 0 Å². The Morgan fingerprint density at radius 1 is 1.25 bits per heavy atom. The maximum Gasteiger partial charge on any atom is 0.417 e. The first-order chi connectivity index (χ1) is 9.38. The molecule has 3 nitrogen and oxygen atoms in total. The summed E-state index contributed by atoms with van der Waals surface area (Å²) in [5.74, 6) is 0.975. The molecule has 20 heavy (non-hydrogen) atoms. The van der Waals surface area contributed by atoms with Crippen LogP contribution in [0, 0.1) is 5.92 Å². The Morgan fingerprint density at radius 3 is 2.60 bits per heavy atom. The number of aromatic amines is 1. The van der Waals surface area contributed by atoms with E-state index in [2.05, 4.69) is 15.5 Å². The van der Waals surface area contributed by atoms with Crippen LogP contribution in [0.1, 0.15) is 19.4 Å². The van der Waals surface area contributed by atoms with E-state index in [0.717, 1.165) is 6.07 Å². The first-order valence-electron chi connectivity index (χ1n) is 6.34. The average molecular weight is 283 g/mol. The van der Waals surface area contributed by atoms with Crippen LogP contribution in [-0.4, -0.2) is 16.7 Å². The molecule has 1 heterocycles. The lowest BCUT2D eigenvalue weighted by Crippen LogP contribution is -2.07. The van der Waals surface area contributed by atoms with E-state index in [1.807, 2.05) is 13.8 Å². The van der Waals surface area contributed by atoms with Gasteiger partial charge < -0.3 is 5.32 Å². The molecule has 1 aromatic heterocycles. The van der Waals surface area contributed by atoms with Gasteiger partial charge in [-0.25, -0.2) is 0 Å². The molecule has 0 fully saturated rings. The molecule has 0 amide bonds. The molecular weight excluding hydrogens is 267 g/mol. The maximum absolute atomic E-state index is 12.9. The van der Waals surface area contributed by atoms with Crippen LogP contribution in [0.4, 0.5) is 19.0 Å². The minimum absolute atomic E-state index is 0.102. The van der Waals surface area contributed by atoms with Crippen molar-refractivity contribution in [1.82, 2.24) is 10.2 Å². The molecular formula is C14H16F3N3. The van der Waals surface area contributed by atoms with Crippen molar-refractivity contribution >= 4 is 5.82 Å². The Hall–Kier alpha value is -1.98. The molecule has 0 unspecified atom stereocenters. The molecule has 0 atom stereocenters. The SMILES string of the molecule is CC(C)CNc1cc(-c2ccccc2C(F)(F)F)[nH]n1. The minimum Gasteiger partial charge on any atom is -0.368 e. The number of anilines is 1. The summed E-state index contributed by atoms with van der Waals surface area (Å²) in [6.07, 6.45) is -4.38. The van der Waals surface area contributed by atoms with Crippen molar-refractivity contribution < 1.29 is 13.2 Å². The smallest absolute Gasteiger partial charge is 0.368 e.